The molecule has 0 aliphatic heterocycles. The molecule has 0 aliphatic carbocycles. The molecule has 0 spiro atoms. The van der Waals surface area contributed by atoms with Gasteiger partial charge in [-0.15, -0.1) is 0 Å². The summed E-state index contributed by atoms with van der Waals surface area (Å²) in [5, 5.41) is 0. The van der Waals surface area contributed by atoms with Crippen LogP contribution in [-0.2, 0) is 28.6 Å². The van der Waals surface area contributed by atoms with Gasteiger partial charge in [-0.1, -0.05) is 260 Å². The Labute approximate surface area is 380 Å². The Hall–Kier alpha value is -1.59. The van der Waals surface area contributed by atoms with E-state index in [4.69, 9.17) is 14.2 Å². The standard InChI is InChI=1S/C55H106O6/c1-7-50(5)42-36-30-23-19-17-15-13-11-9-10-12-14-16-18-20-25-32-38-44-53(56)59-47-52(48-60-54(57)45-39-33-28-27-29-35-41-49(3)4)61-55(58)46-40-34-26-22-21-24-31-37-43-51(6)8-2/h49-52H,7-48H2,1-6H3/t50?,51?,52-/m1/s1. The Morgan fingerprint density at radius 2 is 0.574 bits per heavy atom. The Morgan fingerprint density at radius 1 is 0.328 bits per heavy atom. The van der Waals surface area contributed by atoms with Gasteiger partial charge in [0.1, 0.15) is 13.2 Å². The molecule has 362 valence electrons. The second-order valence-electron chi connectivity index (χ2n) is 19.8. The normalized spacial score (nSPS) is 13.0. The van der Waals surface area contributed by atoms with E-state index in [0.29, 0.717) is 19.3 Å². The predicted molar refractivity (Wildman–Crippen MR) is 261 cm³/mol. The van der Waals surface area contributed by atoms with E-state index in [1.165, 1.54) is 180 Å². The fourth-order valence-electron chi connectivity index (χ4n) is 8.23. The molecule has 0 rings (SSSR count). The Balaban J connectivity index is 4.17. The summed E-state index contributed by atoms with van der Waals surface area (Å²) in [7, 11) is 0. The molecule has 3 atom stereocenters. The number of hydrogen-bond donors (Lipinski definition) is 0. The molecule has 0 aromatic carbocycles. The van der Waals surface area contributed by atoms with Gasteiger partial charge in [-0.05, 0) is 37.0 Å². The minimum atomic E-state index is -0.763. The Bertz CT molecular complexity index is 949. The average molecular weight is 863 g/mol. The zero-order chi connectivity index (χ0) is 44.9. The molecule has 0 aromatic rings. The van der Waals surface area contributed by atoms with E-state index in [2.05, 4.69) is 41.5 Å². The summed E-state index contributed by atoms with van der Waals surface area (Å²) in [5.41, 5.74) is 0. The summed E-state index contributed by atoms with van der Waals surface area (Å²) < 4.78 is 16.8. The summed E-state index contributed by atoms with van der Waals surface area (Å²) in [6, 6.07) is 0. The van der Waals surface area contributed by atoms with E-state index in [9.17, 15) is 14.4 Å². The topological polar surface area (TPSA) is 78.9 Å². The second kappa shape index (κ2) is 46.4. The number of unbranched alkanes of at least 4 members (excludes halogenated alkanes) is 29. The highest BCUT2D eigenvalue weighted by Gasteiger charge is 2.19. The first kappa shape index (κ1) is 59.4. The van der Waals surface area contributed by atoms with Crippen molar-refractivity contribution in [1.29, 1.82) is 0 Å². The van der Waals surface area contributed by atoms with E-state index in [1.807, 2.05) is 0 Å². The van der Waals surface area contributed by atoms with Gasteiger partial charge in [0.05, 0.1) is 0 Å². The van der Waals surface area contributed by atoms with Gasteiger partial charge in [-0.25, -0.2) is 0 Å². The van der Waals surface area contributed by atoms with Crippen LogP contribution in [-0.4, -0.2) is 37.2 Å². The van der Waals surface area contributed by atoms with Crippen LogP contribution in [0.2, 0.25) is 0 Å². The van der Waals surface area contributed by atoms with Gasteiger partial charge >= 0.3 is 17.9 Å². The van der Waals surface area contributed by atoms with Crippen LogP contribution in [0.15, 0.2) is 0 Å². The predicted octanol–water partition coefficient (Wildman–Crippen LogP) is 17.6. The molecule has 0 fully saturated rings. The van der Waals surface area contributed by atoms with Gasteiger partial charge in [-0.3, -0.25) is 14.4 Å². The minimum Gasteiger partial charge on any atom is -0.462 e. The third-order valence-electron chi connectivity index (χ3n) is 13.1. The summed E-state index contributed by atoms with van der Waals surface area (Å²) in [6.45, 7) is 13.7. The molecule has 0 amide bonds. The summed E-state index contributed by atoms with van der Waals surface area (Å²) in [5.74, 6) is 1.66. The summed E-state index contributed by atoms with van der Waals surface area (Å²) in [4.78, 5) is 37.9. The van der Waals surface area contributed by atoms with Crippen LogP contribution < -0.4 is 0 Å². The van der Waals surface area contributed by atoms with Crippen LogP contribution in [0.4, 0.5) is 0 Å². The molecule has 0 heterocycles. The Kier molecular flexibility index (Phi) is 45.2. The van der Waals surface area contributed by atoms with Gasteiger partial charge in [0.2, 0.25) is 0 Å². The van der Waals surface area contributed by atoms with E-state index in [1.54, 1.807) is 0 Å². The average Bonchev–Trinajstić information content (AvgIpc) is 3.24. The third-order valence-corrected chi connectivity index (χ3v) is 13.1. The van der Waals surface area contributed by atoms with Crippen LogP contribution in [0.1, 0.15) is 298 Å². The van der Waals surface area contributed by atoms with Crippen molar-refractivity contribution in [2.45, 2.75) is 304 Å². The lowest BCUT2D eigenvalue weighted by atomic mass is 9.99. The molecule has 61 heavy (non-hydrogen) atoms. The molecular weight excluding hydrogens is 757 g/mol. The highest BCUT2D eigenvalue weighted by molar-refractivity contribution is 5.71. The highest BCUT2D eigenvalue weighted by Crippen LogP contribution is 2.19. The van der Waals surface area contributed by atoms with Gasteiger partial charge in [0.25, 0.3) is 0 Å². The van der Waals surface area contributed by atoms with Crippen molar-refractivity contribution in [3.63, 3.8) is 0 Å². The number of carbonyl (C=O) groups is 3. The summed E-state index contributed by atoms with van der Waals surface area (Å²) >= 11 is 0. The number of rotatable bonds is 48. The Morgan fingerprint density at radius 3 is 0.852 bits per heavy atom. The lowest BCUT2D eigenvalue weighted by Gasteiger charge is -2.18. The van der Waals surface area contributed by atoms with Crippen molar-refractivity contribution in [3.8, 4) is 0 Å². The van der Waals surface area contributed by atoms with Crippen molar-refractivity contribution in [1.82, 2.24) is 0 Å². The number of ether oxygens (including phenoxy) is 3. The van der Waals surface area contributed by atoms with Crippen molar-refractivity contribution in [2.75, 3.05) is 13.2 Å². The maximum absolute atomic E-state index is 12.8. The van der Waals surface area contributed by atoms with Gasteiger partial charge in [0, 0.05) is 19.3 Å². The molecule has 0 radical (unpaired) electrons. The van der Waals surface area contributed by atoms with Crippen molar-refractivity contribution >= 4 is 17.9 Å². The number of carbonyl (C=O) groups excluding carboxylic acids is 3. The molecule has 0 N–H and O–H groups in total. The molecule has 0 bridgehead atoms. The maximum atomic E-state index is 12.8. The summed E-state index contributed by atoms with van der Waals surface area (Å²) in [6.07, 6.45) is 46.8. The first-order valence-corrected chi connectivity index (χ1v) is 27.2. The molecule has 0 saturated carbocycles. The molecule has 6 nitrogen and oxygen atoms in total. The van der Waals surface area contributed by atoms with Crippen LogP contribution >= 0.6 is 0 Å². The number of esters is 3. The minimum absolute atomic E-state index is 0.0655. The highest BCUT2D eigenvalue weighted by atomic mass is 16.6. The van der Waals surface area contributed by atoms with Crippen LogP contribution in [0.25, 0.3) is 0 Å². The van der Waals surface area contributed by atoms with E-state index >= 15 is 0 Å². The molecule has 0 saturated heterocycles. The van der Waals surface area contributed by atoms with Crippen LogP contribution in [0, 0.1) is 17.8 Å². The quantitative estimate of drug-likeness (QED) is 0.0344. The smallest absolute Gasteiger partial charge is 0.306 e. The van der Waals surface area contributed by atoms with E-state index in [-0.39, 0.29) is 31.1 Å². The van der Waals surface area contributed by atoms with Gasteiger partial charge < -0.3 is 14.2 Å². The third kappa shape index (κ3) is 46.2. The van der Waals surface area contributed by atoms with E-state index in [0.717, 1.165) is 75.5 Å². The zero-order valence-corrected chi connectivity index (χ0v) is 42.0. The lowest BCUT2D eigenvalue weighted by molar-refractivity contribution is -0.167. The first-order chi connectivity index (χ1) is 29.7. The molecular formula is C55H106O6. The maximum Gasteiger partial charge on any atom is 0.306 e. The second-order valence-corrected chi connectivity index (χ2v) is 19.8. The van der Waals surface area contributed by atoms with E-state index < -0.39 is 6.10 Å². The van der Waals surface area contributed by atoms with Gasteiger partial charge in [0.15, 0.2) is 6.10 Å². The van der Waals surface area contributed by atoms with Gasteiger partial charge in [-0.2, -0.15) is 0 Å². The monoisotopic (exact) mass is 863 g/mol. The van der Waals surface area contributed by atoms with Crippen molar-refractivity contribution in [3.05, 3.63) is 0 Å². The molecule has 6 heteroatoms. The largest absolute Gasteiger partial charge is 0.462 e. The molecule has 2 unspecified atom stereocenters. The van der Waals surface area contributed by atoms with Crippen molar-refractivity contribution < 1.29 is 28.6 Å². The first-order valence-electron chi connectivity index (χ1n) is 27.2. The molecule has 0 aromatic heterocycles. The number of hydrogen-bond acceptors (Lipinski definition) is 6. The van der Waals surface area contributed by atoms with Crippen LogP contribution in [0.3, 0.4) is 0 Å². The SMILES string of the molecule is CCC(C)CCCCCCCCCCCCCCCCCCCCC(=O)OC[C@H](COC(=O)CCCCCCCCC(C)C)OC(=O)CCCCCCCCCCC(C)CC. The lowest BCUT2D eigenvalue weighted by Crippen LogP contribution is -2.30. The van der Waals surface area contributed by atoms with Crippen molar-refractivity contribution in [2.24, 2.45) is 17.8 Å². The molecule has 0 aliphatic rings. The fraction of sp³-hybridized carbons (Fsp3) is 0.945. The zero-order valence-electron chi connectivity index (χ0n) is 42.0. The fourth-order valence-corrected chi connectivity index (χ4v) is 8.23. The van der Waals surface area contributed by atoms with Crippen LogP contribution in [0.5, 0.6) is 0 Å².